The van der Waals surface area contributed by atoms with Crippen LogP contribution in [-0.4, -0.2) is 35.3 Å². The first-order valence-electron chi connectivity index (χ1n) is 8.63. The van der Waals surface area contributed by atoms with E-state index in [1.54, 1.807) is 42.0 Å². The van der Waals surface area contributed by atoms with Crippen LogP contribution in [0.4, 0.5) is 0 Å². The lowest BCUT2D eigenvalue weighted by atomic mass is 10.3. The van der Waals surface area contributed by atoms with Crippen molar-refractivity contribution in [3.05, 3.63) is 53.3 Å². The third-order valence-corrected chi connectivity index (χ3v) is 6.60. The number of thioether (sulfide) groups is 2. The summed E-state index contributed by atoms with van der Waals surface area (Å²) in [4.78, 5) is 18.8. The Kier molecular flexibility index (Phi) is 7.43. The Hall–Kier alpha value is -1.70. The van der Waals surface area contributed by atoms with Crippen LogP contribution >= 0.6 is 34.9 Å². The summed E-state index contributed by atoms with van der Waals surface area (Å²) >= 11 is 5.01. The molecule has 1 amide bonds. The van der Waals surface area contributed by atoms with E-state index in [0.29, 0.717) is 6.42 Å². The molecule has 1 heterocycles. The van der Waals surface area contributed by atoms with Crippen molar-refractivity contribution in [2.24, 2.45) is 4.99 Å². The van der Waals surface area contributed by atoms with E-state index in [4.69, 9.17) is 4.74 Å². The number of fused-ring (bicyclic) bond motifs is 1. The minimum atomic E-state index is -0.0742. The maximum absolute atomic E-state index is 12.4. The number of amides is 1. The molecule has 0 bridgehead atoms. The zero-order valence-corrected chi connectivity index (χ0v) is 17.8. The number of aryl methyl sites for hydroxylation is 1. The molecule has 1 aromatic heterocycles. The van der Waals surface area contributed by atoms with Crippen LogP contribution in [0.5, 0.6) is 5.75 Å². The number of nitrogens with zero attached hydrogens (tertiary/aromatic N) is 2. The number of carbonyl (C=O) groups excluding carboxylic acids is 1. The van der Waals surface area contributed by atoms with Gasteiger partial charge < -0.3 is 9.30 Å². The van der Waals surface area contributed by atoms with Crippen LogP contribution in [-0.2, 0) is 11.3 Å². The quantitative estimate of drug-likeness (QED) is 0.498. The van der Waals surface area contributed by atoms with Crippen LogP contribution < -0.4 is 9.54 Å². The van der Waals surface area contributed by atoms with Crippen LogP contribution in [0.25, 0.3) is 10.2 Å². The fraction of sp³-hybridized carbons (Fsp3) is 0.300. The Morgan fingerprint density at radius 1 is 1.19 bits per heavy atom. The van der Waals surface area contributed by atoms with Gasteiger partial charge in [-0.25, -0.2) is 0 Å². The molecule has 0 aliphatic carbocycles. The van der Waals surface area contributed by atoms with Crippen molar-refractivity contribution in [2.75, 3.05) is 24.9 Å². The van der Waals surface area contributed by atoms with Gasteiger partial charge in [-0.15, -0.1) is 11.8 Å². The molecule has 0 aliphatic rings. The van der Waals surface area contributed by atoms with E-state index in [-0.39, 0.29) is 5.91 Å². The van der Waals surface area contributed by atoms with Gasteiger partial charge in [-0.2, -0.15) is 16.8 Å². The van der Waals surface area contributed by atoms with E-state index in [1.807, 2.05) is 36.4 Å². The maximum Gasteiger partial charge on any atom is 0.249 e. The zero-order chi connectivity index (χ0) is 19.1. The van der Waals surface area contributed by atoms with Crippen molar-refractivity contribution in [2.45, 2.75) is 17.9 Å². The molecule has 142 valence electrons. The molecule has 0 unspecified atom stereocenters. The second-order valence-electron chi connectivity index (χ2n) is 5.78. The van der Waals surface area contributed by atoms with Gasteiger partial charge in [-0.05, 0) is 36.6 Å². The summed E-state index contributed by atoms with van der Waals surface area (Å²) in [7, 11) is 1.66. The van der Waals surface area contributed by atoms with Gasteiger partial charge in [0.25, 0.3) is 0 Å². The second kappa shape index (κ2) is 10.0. The van der Waals surface area contributed by atoms with E-state index >= 15 is 0 Å². The van der Waals surface area contributed by atoms with Gasteiger partial charge >= 0.3 is 0 Å². The number of aromatic nitrogens is 1. The average molecular weight is 419 g/mol. The highest BCUT2D eigenvalue weighted by Crippen LogP contribution is 2.23. The molecule has 0 saturated heterocycles. The standard InChI is InChI=1S/C20H22N2O2S3/c1-24-15-8-9-17-18(14-15)27-20(22(17)11-13-25-2)21-19(23)10-12-26-16-6-4-3-5-7-16/h3-9,14H,10-13H2,1-2H3. The predicted octanol–water partition coefficient (Wildman–Crippen LogP) is 4.68. The second-order valence-corrected chi connectivity index (χ2v) is 8.94. The van der Waals surface area contributed by atoms with E-state index in [9.17, 15) is 4.79 Å². The van der Waals surface area contributed by atoms with Gasteiger partial charge in [-0.3, -0.25) is 4.79 Å². The van der Waals surface area contributed by atoms with Crippen LogP contribution in [0.1, 0.15) is 6.42 Å². The minimum absolute atomic E-state index is 0.0742. The van der Waals surface area contributed by atoms with Crippen LogP contribution in [0.3, 0.4) is 0 Å². The summed E-state index contributed by atoms with van der Waals surface area (Å²) in [5.74, 6) is 2.45. The van der Waals surface area contributed by atoms with Crippen molar-refractivity contribution in [3.8, 4) is 5.75 Å². The summed E-state index contributed by atoms with van der Waals surface area (Å²) in [6, 6.07) is 16.1. The highest BCUT2D eigenvalue weighted by molar-refractivity contribution is 7.99. The van der Waals surface area contributed by atoms with Crippen LogP contribution in [0.2, 0.25) is 0 Å². The van der Waals surface area contributed by atoms with E-state index in [0.717, 1.165) is 38.8 Å². The summed E-state index contributed by atoms with van der Waals surface area (Å²) in [6.07, 6.45) is 2.51. The molecule has 3 aromatic rings. The molecule has 4 nitrogen and oxygen atoms in total. The van der Waals surface area contributed by atoms with Gasteiger partial charge in [0.05, 0.1) is 17.3 Å². The topological polar surface area (TPSA) is 43.6 Å². The van der Waals surface area contributed by atoms with Crippen molar-refractivity contribution in [1.29, 1.82) is 0 Å². The van der Waals surface area contributed by atoms with Crippen molar-refractivity contribution in [3.63, 3.8) is 0 Å². The maximum atomic E-state index is 12.4. The summed E-state index contributed by atoms with van der Waals surface area (Å²) in [5, 5.41) is 0. The molecule has 2 aromatic carbocycles. The van der Waals surface area contributed by atoms with Gasteiger partial charge in [0, 0.05) is 29.4 Å². The first kappa shape index (κ1) is 20.0. The molecule has 7 heteroatoms. The number of methoxy groups -OCH3 is 1. The fourth-order valence-electron chi connectivity index (χ4n) is 2.60. The van der Waals surface area contributed by atoms with Crippen molar-refractivity contribution in [1.82, 2.24) is 4.57 Å². The summed E-state index contributed by atoms with van der Waals surface area (Å²) in [5.41, 5.74) is 1.10. The molecule has 0 N–H and O–H groups in total. The van der Waals surface area contributed by atoms with Crippen molar-refractivity contribution < 1.29 is 9.53 Å². The Morgan fingerprint density at radius 3 is 2.74 bits per heavy atom. The third kappa shape index (κ3) is 5.40. The molecular weight excluding hydrogens is 396 g/mol. The van der Waals surface area contributed by atoms with E-state index in [1.165, 1.54) is 4.90 Å². The first-order valence-corrected chi connectivity index (χ1v) is 11.8. The Morgan fingerprint density at radius 2 is 2.00 bits per heavy atom. The number of hydrogen-bond donors (Lipinski definition) is 0. The van der Waals surface area contributed by atoms with E-state index < -0.39 is 0 Å². The number of hydrogen-bond acceptors (Lipinski definition) is 5. The normalized spacial score (nSPS) is 11.9. The average Bonchev–Trinajstić information content (AvgIpc) is 3.03. The Balaban J connectivity index is 1.79. The zero-order valence-electron chi connectivity index (χ0n) is 15.4. The lowest BCUT2D eigenvalue weighted by Crippen LogP contribution is -2.18. The minimum Gasteiger partial charge on any atom is -0.497 e. The number of benzene rings is 2. The lowest BCUT2D eigenvalue weighted by Gasteiger charge is -2.04. The molecule has 3 rings (SSSR count). The Labute approximate surface area is 171 Å². The molecule has 0 atom stereocenters. The van der Waals surface area contributed by atoms with E-state index in [2.05, 4.69) is 27.9 Å². The van der Waals surface area contributed by atoms with Gasteiger partial charge in [0.1, 0.15) is 5.75 Å². The molecule has 27 heavy (non-hydrogen) atoms. The number of ether oxygens (including phenoxy) is 1. The van der Waals surface area contributed by atoms with Crippen molar-refractivity contribution >= 4 is 51.0 Å². The van der Waals surface area contributed by atoms with Gasteiger partial charge in [0.15, 0.2) is 4.80 Å². The van der Waals surface area contributed by atoms with Gasteiger partial charge in [-0.1, -0.05) is 29.5 Å². The first-order chi connectivity index (χ1) is 13.2. The summed E-state index contributed by atoms with van der Waals surface area (Å²) in [6.45, 7) is 0.832. The molecular formula is C20H22N2O2S3. The number of carbonyl (C=O) groups is 1. The molecule has 0 radical (unpaired) electrons. The molecule has 0 spiro atoms. The summed E-state index contributed by atoms with van der Waals surface area (Å²) < 4.78 is 8.54. The molecule has 0 fully saturated rings. The van der Waals surface area contributed by atoms with Crippen LogP contribution in [0.15, 0.2) is 58.4 Å². The monoisotopic (exact) mass is 418 g/mol. The lowest BCUT2D eigenvalue weighted by molar-refractivity contribution is -0.117. The highest BCUT2D eigenvalue weighted by atomic mass is 32.2. The predicted molar refractivity (Wildman–Crippen MR) is 117 cm³/mol. The largest absolute Gasteiger partial charge is 0.497 e. The number of thiazole rings is 1. The van der Waals surface area contributed by atoms with Gasteiger partial charge in [0.2, 0.25) is 5.91 Å². The SMILES string of the molecule is COc1ccc2c(c1)sc(=NC(=O)CCSc1ccccc1)n2CCSC. The third-order valence-electron chi connectivity index (χ3n) is 3.96. The number of rotatable bonds is 8. The molecule has 0 saturated carbocycles. The fourth-order valence-corrected chi connectivity index (χ4v) is 4.93. The van der Waals surface area contributed by atoms with Crippen LogP contribution in [0, 0.1) is 0 Å². The smallest absolute Gasteiger partial charge is 0.249 e. The highest BCUT2D eigenvalue weighted by Gasteiger charge is 2.09. The Bertz CT molecular complexity index is 964. The molecule has 0 aliphatic heterocycles.